The van der Waals surface area contributed by atoms with Crippen LogP contribution >= 0.6 is 11.8 Å². The van der Waals surface area contributed by atoms with E-state index in [0.717, 1.165) is 37.4 Å². The van der Waals surface area contributed by atoms with Crippen molar-refractivity contribution in [2.24, 2.45) is 0 Å². The van der Waals surface area contributed by atoms with Crippen LogP contribution in [0.2, 0.25) is 0 Å². The SMILES string of the molecule is N#Cc1ccc(OC2CCOC3(CCSC3)C2)cc1. The van der Waals surface area contributed by atoms with Crippen LogP contribution in [-0.2, 0) is 4.74 Å². The lowest BCUT2D eigenvalue weighted by molar-refractivity contribution is -0.0958. The molecule has 1 aromatic carbocycles. The van der Waals surface area contributed by atoms with Crippen LogP contribution < -0.4 is 4.74 Å². The van der Waals surface area contributed by atoms with Crippen LogP contribution in [0.1, 0.15) is 24.8 Å². The molecule has 0 aliphatic carbocycles. The zero-order chi connectivity index (χ0) is 13.1. The Morgan fingerprint density at radius 3 is 2.89 bits per heavy atom. The lowest BCUT2D eigenvalue weighted by Crippen LogP contribution is -2.43. The molecule has 0 bridgehead atoms. The van der Waals surface area contributed by atoms with E-state index in [1.54, 1.807) is 12.1 Å². The van der Waals surface area contributed by atoms with Crippen molar-refractivity contribution in [3.63, 3.8) is 0 Å². The Morgan fingerprint density at radius 2 is 2.21 bits per heavy atom. The van der Waals surface area contributed by atoms with Crippen LogP contribution in [-0.4, -0.2) is 29.8 Å². The lowest BCUT2D eigenvalue weighted by Gasteiger charge is -2.37. The van der Waals surface area contributed by atoms with Crippen molar-refractivity contribution in [2.75, 3.05) is 18.1 Å². The molecule has 1 spiro atoms. The second-order valence-electron chi connectivity index (χ2n) is 5.20. The normalized spacial score (nSPS) is 30.2. The first kappa shape index (κ1) is 12.8. The number of hydrogen-bond acceptors (Lipinski definition) is 4. The maximum absolute atomic E-state index is 8.78. The van der Waals surface area contributed by atoms with Crippen LogP contribution in [0.3, 0.4) is 0 Å². The van der Waals surface area contributed by atoms with E-state index in [-0.39, 0.29) is 11.7 Å². The summed E-state index contributed by atoms with van der Waals surface area (Å²) in [6, 6.07) is 9.48. The molecular formula is C15H17NO2S. The fourth-order valence-electron chi connectivity index (χ4n) is 2.75. The highest BCUT2D eigenvalue weighted by Gasteiger charge is 2.41. The Balaban J connectivity index is 1.64. The molecule has 3 nitrogen and oxygen atoms in total. The summed E-state index contributed by atoms with van der Waals surface area (Å²) in [5.41, 5.74) is 0.725. The largest absolute Gasteiger partial charge is 0.490 e. The van der Waals surface area contributed by atoms with Crippen molar-refractivity contribution in [3.05, 3.63) is 29.8 Å². The van der Waals surface area contributed by atoms with E-state index in [9.17, 15) is 0 Å². The molecular weight excluding hydrogens is 258 g/mol. The second-order valence-corrected chi connectivity index (χ2v) is 6.31. The number of ether oxygens (including phenoxy) is 2. The van der Waals surface area contributed by atoms with Gasteiger partial charge in [0, 0.05) is 18.6 Å². The van der Waals surface area contributed by atoms with Crippen molar-refractivity contribution < 1.29 is 9.47 Å². The third kappa shape index (κ3) is 2.88. The van der Waals surface area contributed by atoms with Gasteiger partial charge in [0.25, 0.3) is 0 Å². The minimum absolute atomic E-state index is 0.0557. The van der Waals surface area contributed by atoms with Crippen molar-refractivity contribution in [2.45, 2.75) is 31.0 Å². The van der Waals surface area contributed by atoms with Crippen molar-refractivity contribution in [1.82, 2.24) is 0 Å². The van der Waals surface area contributed by atoms with Gasteiger partial charge in [-0.05, 0) is 36.4 Å². The van der Waals surface area contributed by atoms with E-state index in [1.165, 1.54) is 5.75 Å². The van der Waals surface area contributed by atoms with Gasteiger partial charge in [-0.3, -0.25) is 0 Å². The number of nitrogens with zero attached hydrogens (tertiary/aromatic N) is 1. The molecule has 2 atom stereocenters. The molecule has 0 aromatic heterocycles. The standard InChI is InChI=1S/C15H17NO2S/c16-10-12-1-3-13(4-2-12)18-14-5-7-17-15(9-14)6-8-19-11-15/h1-4,14H,5-9,11H2. The number of hydrogen-bond donors (Lipinski definition) is 0. The first-order valence-electron chi connectivity index (χ1n) is 6.68. The minimum atomic E-state index is 0.0557. The molecule has 2 fully saturated rings. The van der Waals surface area contributed by atoms with Gasteiger partial charge in [0.1, 0.15) is 11.9 Å². The van der Waals surface area contributed by atoms with Gasteiger partial charge in [-0.15, -0.1) is 0 Å². The molecule has 0 radical (unpaired) electrons. The van der Waals surface area contributed by atoms with Crippen molar-refractivity contribution in [3.8, 4) is 11.8 Å². The zero-order valence-corrected chi connectivity index (χ0v) is 11.6. The Bertz CT molecular complexity index is 474. The number of nitriles is 1. The fraction of sp³-hybridized carbons (Fsp3) is 0.533. The molecule has 0 saturated carbocycles. The predicted molar refractivity (Wildman–Crippen MR) is 75.4 cm³/mol. The second kappa shape index (κ2) is 5.44. The summed E-state index contributed by atoms with van der Waals surface area (Å²) < 4.78 is 12.0. The van der Waals surface area contributed by atoms with Gasteiger partial charge in [0.05, 0.1) is 23.8 Å². The summed E-state index contributed by atoms with van der Waals surface area (Å²) in [6.07, 6.45) is 3.32. The highest BCUT2D eigenvalue weighted by Crippen LogP contribution is 2.39. The molecule has 2 aliphatic heterocycles. The van der Waals surface area contributed by atoms with E-state index >= 15 is 0 Å². The first-order chi connectivity index (χ1) is 9.30. The average Bonchev–Trinajstić information content (AvgIpc) is 2.88. The maximum Gasteiger partial charge on any atom is 0.119 e. The van der Waals surface area contributed by atoms with Crippen LogP contribution in [0.25, 0.3) is 0 Å². The van der Waals surface area contributed by atoms with E-state index in [1.807, 2.05) is 23.9 Å². The molecule has 2 saturated heterocycles. The van der Waals surface area contributed by atoms with E-state index < -0.39 is 0 Å². The van der Waals surface area contributed by atoms with E-state index in [0.29, 0.717) is 5.56 Å². The van der Waals surface area contributed by atoms with Gasteiger partial charge >= 0.3 is 0 Å². The third-order valence-corrected chi connectivity index (χ3v) is 5.02. The van der Waals surface area contributed by atoms with E-state index in [2.05, 4.69) is 6.07 Å². The van der Waals surface area contributed by atoms with Gasteiger partial charge in [-0.1, -0.05) is 0 Å². The Kier molecular flexibility index (Phi) is 3.67. The van der Waals surface area contributed by atoms with Gasteiger partial charge in [-0.2, -0.15) is 17.0 Å². The average molecular weight is 275 g/mol. The molecule has 0 amide bonds. The molecule has 2 unspecified atom stereocenters. The monoisotopic (exact) mass is 275 g/mol. The molecule has 1 aromatic rings. The first-order valence-corrected chi connectivity index (χ1v) is 7.84. The lowest BCUT2D eigenvalue weighted by atomic mass is 9.91. The fourth-order valence-corrected chi connectivity index (χ4v) is 4.13. The molecule has 3 rings (SSSR count). The summed E-state index contributed by atoms with van der Waals surface area (Å²) in [7, 11) is 0. The summed E-state index contributed by atoms with van der Waals surface area (Å²) in [5.74, 6) is 3.15. The Morgan fingerprint density at radius 1 is 1.37 bits per heavy atom. The number of rotatable bonds is 2. The topological polar surface area (TPSA) is 42.2 Å². The molecule has 2 heterocycles. The maximum atomic E-state index is 8.78. The summed E-state index contributed by atoms with van der Waals surface area (Å²) in [5, 5.41) is 8.78. The molecule has 4 heteroatoms. The minimum Gasteiger partial charge on any atom is -0.490 e. The highest BCUT2D eigenvalue weighted by molar-refractivity contribution is 7.99. The van der Waals surface area contributed by atoms with Gasteiger partial charge < -0.3 is 9.47 Å². The van der Waals surface area contributed by atoms with Crippen LogP contribution in [0.4, 0.5) is 0 Å². The van der Waals surface area contributed by atoms with E-state index in [4.69, 9.17) is 14.7 Å². The smallest absolute Gasteiger partial charge is 0.119 e. The van der Waals surface area contributed by atoms with Gasteiger partial charge in [0.15, 0.2) is 0 Å². The van der Waals surface area contributed by atoms with Gasteiger partial charge in [-0.25, -0.2) is 0 Å². The van der Waals surface area contributed by atoms with Crippen LogP contribution in [0.5, 0.6) is 5.75 Å². The summed E-state index contributed by atoms with van der Waals surface area (Å²) >= 11 is 1.98. The van der Waals surface area contributed by atoms with Crippen molar-refractivity contribution >= 4 is 11.8 Å². The molecule has 0 N–H and O–H groups in total. The summed E-state index contributed by atoms with van der Waals surface area (Å²) in [4.78, 5) is 0. The summed E-state index contributed by atoms with van der Waals surface area (Å²) in [6.45, 7) is 0.793. The Labute approximate surface area is 117 Å². The predicted octanol–water partition coefficient (Wildman–Crippen LogP) is 2.99. The third-order valence-electron chi connectivity index (χ3n) is 3.80. The Hall–Kier alpha value is -1.18. The number of benzene rings is 1. The number of thioether (sulfide) groups is 1. The molecule has 100 valence electrons. The van der Waals surface area contributed by atoms with Gasteiger partial charge in [0.2, 0.25) is 0 Å². The van der Waals surface area contributed by atoms with Crippen LogP contribution in [0, 0.1) is 11.3 Å². The quantitative estimate of drug-likeness (QED) is 0.832. The van der Waals surface area contributed by atoms with Crippen molar-refractivity contribution in [1.29, 1.82) is 5.26 Å². The molecule has 2 aliphatic rings. The molecule has 19 heavy (non-hydrogen) atoms. The highest BCUT2D eigenvalue weighted by atomic mass is 32.2. The zero-order valence-electron chi connectivity index (χ0n) is 10.8. The van der Waals surface area contributed by atoms with Crippen LogP contribution in [0.15, 0.2) is 24.3 Å².